The number of carbonyl (C=O) groups is 2. The molecule has 20 heavy (non-hydrogen) atoms. The van der Waals surface area contributed by atoms with Crippen LogP contribution in [0.25, 0.3) is 0 Å². The van der Waals surface area contributed by atoms with E-state index in [1.54, 1.807) is 26.1 Å². The van der Waals surface area contributed by atoms with Crippen LogP contribution in [0.15, 0.2) is 35.5 Å². The number of allylic oxidation sites excluding steroid dienone is 1. The normalized spacial score (nSPS) is 19.3. The Morgan fingerprint density at radius 3 is 2.75 bits per heavy atom. The number of hydrogen-bond donors (Lipinski definition) is 0. The highest BCUT2D eigenvalue weighted by Crippen LogP contribution is 2.36. The minimum Gasteiger partial charge on any atom is -0.466 e. The molecule has 0 aliphatic carbocycles. The van der Waals surface area contributed by atoms with Crippen LogP contribution in [0.2, 0.25) is 5.02 Å². The number of hydrogen-bond acceptors (Lipinski definition) is 3. The predicted molar refractivity (Wildman–Crippen MR) is 76.3 cm³/mol. The van der Waals surface area contributed by atoms with Gasteiger partial charge in [0, 0.05) is 30.1 Å². The summed E-state index contributed by atoms with van der Waals surface area (Å²) in [5.41, 5.74) is 1.98. The van der Waals surface area contributed by atoms with Crippen molar-refractivity contribution >= 4 is 23.5 Å². The molecule has 2 rings (SSSR count). The molecule has 0 spiro atoms. The van der Waals surface area contributed by atoms with Crippen molar-refractivity contribution in [3.8, 4) is 0 Å². The second kappa shape index (κ2) is 5.67. The van der Waals surface area contributed by atoms with E-state index in [9.17, 15) is 9.59 Å². The van der Waals surface area contributed by atoms with Crippen LogP contribution in [0.3, 0.4) is 0 Å². The monoisotopic (exact) mass is 293 g/mol. The third-order valence-corrected chi connectivity index (χ3v) is 3.89. The molecule has 1 aliphatic heterocycles. The summed E-state index contributed by atoms with van der Waals surface area (Å²) in [5.74, 6) is -0.753. The minimum atomic E-state index is -0.410. The molecule has 1 aliphatic rings. The fraction of sp³-hybridized carbons (Fsp3) is 0.333. The summed E-state index contributed by atoms with van der Waals surface area (Å²) in [7, 11) is 3.00. The van der Waals surface area contributed by atoms with Gasteiger partial charge in [-0.2, -0.15) is 0 Å². The Morgan fingerprint density at radius 2 is 2.15 bits per heavy atom. The van der Waals surface area contributed by atoms with Crippen molar-refractivity contribution in [1.82, 2.24) is 4.90 Å². The van der Waals surface area contributed by atoms with Crippen LogP contribution in [0.5, 0.6) is 0 Å². The van der Waals surface area contributed by atoms with Crippen LogP contribution >= 0.6 is 11.6 Å². The summed E-state index contributed by atoms with van der Waals surface area (Å²) in [5, 5.41) is 0.579. The predicted octanol–water partition coefficient (Wildman–Crippen LogP) is 2.73. The van der Waals surface area contributed by atoms with Gasteiger partial charge in [-0.1, -0.05) is 23.7 Å². The van der Waals surface area contributed by atoms with E-state index in [2.05, 4.69) is 0 Å². The molecule has 106 valence electrons. The van der Waals surface area contributed by atoms with E-state index in [1.165, 1.54) is 12.0 Å². The Hall–Kier alpha value is -1.81. The Kier molecular flexibility index (Phi) is 4.14. The van der Waals surface area contributed by atoms with E-state index in [4.69, 9.17) is 16.3 Å². The fourth-order valence-electron chi connectivity index (χ4n) is 2.44. The number of ether oxygens (including phenoxy) is 1. The highest BCUT2D eigenvalue weighted by molar-refractivity contribution is 6.30. The zero-order valence-corrected chi connectivity index (χ0v) is 12.4. The Balaban J connectivity index is 2.55. The molecule has 4 nitrogen and oxygen atoms in total. The lowest BCUT2D eigenvalue weighted by atomic mass is 9.84. The fourth-order valence-corrected chi connectivity index (χ4v) is 2.64. The lowest BCUT2D eigenvalue weighted by Crippen LogP contribution is -2.35. The highest BCUT2D eigenvalue weighted by Gasteiger charge is 2.35. The first-order chi connectivity index (χ1) is 9.45. The van der Waals surface area contributed by atoms with Gasteiger partial charge in [-0.25, -0.2) is 4.79 Å². The van der Waals surface area contributed by atoms with Crippen LogP contribution in [0.1, 0.15) is 24.8 Å². The second-order valence-electron chi connectivity index (χ2n) is 4.76. The van der Waals surface area contributed by atoms with Gasteiger partial charge in [0.1, 0.15) is 0 Å². The van der Waals surface area contributed by atoms with Crippen LogP contribution in [-0.4, -0.2) is 30.9 Å². The minimum absolute atomic E-state index is 0.0277. The van der Waals surface area contributed by atoms with Crippen molar-refractivity contribution in [2.45, 2.75) is 19.3 Å². The molecular formula is C15H16ClNO3. The highest BCUT2D eigenvalue weighted by atomic mass is 35.5. The largest absolute Gasteiger partial charge is 0.466 e. The second-order valence-corrected chi connectivity index (χ2v) is 5.19. The number of nitrogens with zero attached hydrogens (tertiary/aromatic N) is 1. The Morgan fingerprint density at radius 1 is 1.45 bits per heavy atom. The quantitative estimate of drug-likeness (QED) is 0.788. The van der Waals surface area contributed by atoms with Gasteiger partial charge in [-0.3, -0.25) is 4.79 Å². The lowest BCUT2D eigenvalue weighted by molar-refractivity contribution is -0.137. The molecule has 0 saturated carbocycles. The molecule has 0 bridgehead atoms. The van der Waals surface area contributed by atoms with Gasteiger partial charge in [0.05, 0.1) is 12.7 Å². The van der Waals surface area contributed by atoms with E-state index in [-0.39, 0.29) is 18.2 Å². The smallest absolute Gasteiger partial charge is 0.336 e. The van der Waals surface area contributed by atoms with Crippen molar-refractivity contribution in [3.05, 3.63) is 46.1 Å². The molecular weight excluding hydrogens is 278 g/mol. The molecule has 1 aromatic carbocycles. The average Bonchev–Trinajstić information content (AvgIpc) is 2.43. The van der Waals surface area contributed by atoms with E-state index in [0.29, 0.717) is 16.3 Å². The SMILES string of the molecule is COC(=O)C1=C(C)N(C)C(=O)C[C@@H]1c1cccc(Cl)c1. The van der Waals surface area contributed by atoms with Crippen molar-refractivity contribution in [2.75, 3.05) is 14.2 Å². The van der Waals surface area contributed by atoms with Gasteiger partial charge < -0.3 is 9.64 Å². The number of esters is 1. The molecule has 0 unspecified atom stereocenters. The Labute approximate surface area is 123 Å². The van der Waals surface area contributed by atoms with E-state index < -0.39 is 5.97 Å². The number of halogens is 1. The van der Waals surface area contributed by atoms with Gasteiger partial charge in [0.25, 0.3) is 0 Å². The zero-order chi connectivity index (χ0) is 14.9. The Bertz CT molecular complexity index is 595. The summed E-state index contributed by atoms with van der Waals surface area (Å²) in [4.78, 5) is 25.6. The molecule has 0 fully saturated rings. The van der Waals surface area contributed by atoms with Crippen molar-refractivity contribution in [2.24, 2.45) is 0 Å². The van der Waals surface area contributed by atoms with Gasteiger partial charge in [-0.15, -0.1) is 0 Å². The maximum Gasteiger partial charge on any atom is 0.336 e. The third kappa shape index (κ3) is 2.56. The van der Waals surface area contributed by atoms with Crippen molar-refractivity contribution in [3.63, 3.8) is 0 Å². The first-order valence-electron chi connectivity index (χ1n) is 6.26. The van der Waals surface area contributed by atoms with Gasteiger partial charge in [0.2, 0.25) is 5.91 Å². The molecule has 1 atom stereocenters. The third-order valence-electron chi connectivity index (χ3n) is 3.65. The number of benzene rings is 1. The zero-order valence-electron chi connectivity index (χ0n) is 11.6. The maximum atomic E-state index is 12.0. The molecule has 1 heterocycles. The van der Waals surface area contributed by atoms with E-state index in [1.807, 2.05) is 12.1 Å². The summed E-state index contributed by atoms with van der Waals surface area (Å²) in [6, 6.07) is 7.22. The molecule has 0 saturated heterocycles. The van der Waals surface area contributed by atoms with Crippen LogP contribution in [-0.2, 0) is 14.3 Å². The van der Waals surface area contributed by atoms with Gasteiger partial charge in [-0.05, 0) is 24.6 Å². The standard InChI is InChI=1S/C15H16ClNO3/c1-9-14(15(19)20-3)12(8-13(18)17(9)2)10-5-4-6-11(16)7-10/h4-7,12H,8H2,1-3H3/t12-/m1/s1. The molecule has 5 heteroatoms. The average molecular weight is 294 g/mol. The lowest BCUT2D eigenvalue weighted by Gasteiger charge is -2.31. The van der Waals surface area contributed by atoms with Gasteiger partial charge >= 0.3 is 5.97 Å². The van der Waals surface area contributed by atoms with Crippen LogP contribution in [0, 0.1) is 0 Å². The molecule has 0 N–H and O–H groups in total. The van der Waals surface area contributed by atoms with Crippen LogP contribution < -0.4 is 0 Å². The van der Waals surface area contributed by atoms with Gasteiger partial charge in [0.15, 0.2) is 0 Å². The number of carbonyl (C=O) groups excluding carboxylic acids is 2. The summed E-state index contributed by atoms with van der Waals surface area (Å²) >= 11 is 6.00. The first-order valence-corrected chi connectivity index (χ1v) is 6.64. The van der Waals surface area contributed by atoms with Crippen LogP contribution in [0.4, 0.5) is 0 Å². The number of amides is 1. The number of rotatable bonds is 2. The van der Waals surface area contributed by atoms with E-state index >= 15 is 0 Å². The topological polar surface area (TPSA) is 46.6 Å². The summed E-state index contributed by atoms with van der Waals surface area (Å²) in [6.07, 6.45) is 0.235. The summed E-state index contributed by atoms with van der Waals surface area (Å²) < 4.78 is 4.86. The maximum absolute atomic E-state index is 12.0. The molecule has 0 aromatic heterocycles. The first kappa shape index (κ1) is 14.6. The van der Waals surface area contributed by atoms with E-state index in [0.717, 1.165) is 5.56 Å². The number of methoxy groups -OCH3 is 1. The van der Waals surface area contributed by atoms with Crippen molar-refractivity contribution < 1.29 is 14.3 Å². The molecule has 1 aromatic rings. The molecule has 0 radical (unpaired) electrons. The molecule has 1 amide bonds. The summed E-state index contributed by atoms with van der Waals surface area (Å²) in [6.45, 7) is 1.75. The van der Waals surface area contributed by atoms with Crippen molar-refractivity contribution in [1.29, 1.82) is 0 Å².